The molecule has 0 aliphatic carbocycles. The second kappa shape index (κ2) is 2.86. The topological polar surface area (TPSA) is 28.7 Å². The summed E-state index contributed by atoms with van der Waals surface area (Å²) in [6, 6.07) is 14.3. The number of nitriles is 1. The summed E-state index contributed by atoms with van der Waals surface area (Å²) in [5, 5.41) is 12.4. The van der Waals surface area contributed by atoms with Crippen molar-refractivity contribution in [1.29, 1.82) is 5.26 Å². The number of rotatable bonds is 0. The van der Waals surface area contributed by atoms with Crippen LogP contribution in [0.15, 0.2) is 48.7 Å². The second-order valence-electron chi connectivity index (χ2n) is 3.54. The summed E-state index contributed by atoms with van der Waals surface area (Å²) < 4.78 is 1.59. The quantitative estimate of drug-likeness (QED) is 0.538. The predicted octanol–water partition coefficient (Wildman–Crippen LogP) is 3.12. The van der Waals surface area contributed by atoms with Gasteiger partial charge in [0.1, 0.15) is 0 Å². The summed E-state index contributed by atoms with van der Waals surface area (Å²) in [6.07, 6.45) is 3.93. The highest BCUT2D eigenvalue weighted by Gasteiger charge is 2.01. The van der Waals surface area contributed by atoms with Gasteiger partial charge in [0.05, 0.1) is 5.52 Å². The Morgan fingerprint density at radius 2 is 1.67 bits per heavy atom. The molecule has 70 valence electrons. The number of fused-ring (bicyclic) bond motifs is 2. The second-order valence-corrected chi connectivity index (χ2v) is 3.54. The van der Waals surface area contributed by atoms with Crippen molar-refractivity contribution in [3.05, 3.63) is 48.7 Å². The summed E-state index contributed by atoms with van der Waals surface area (Å²) in [5.74, 6) is 0. The largest absolute Gasteiger partial charge is 0.254 e. The van der Waals surface area contributed by atoms with Crippen molar-refractivity contribution in [2.24, 2.45) is 0 Å². The van der Waals surface area contributed by atoms with Gasteiger partial charge in [-0.25, -0.2) is 0 Å². The van der Waals surface area contributed by atoms with E-state index in [2.05, 4.69) is 24.4 Å². The molecule has 0 saturated carbocycles. The number of benzene rings is 2. The van der Waals surface area contributed by atoms with Gasteiger partial charge in [-0.15, -0.1) is 0 Å². The average molecular weight is 192 g/mol. The third kappa shape index (κ3) is 1.10. The minimum absolute atomic E-state index is 0.969. The van der Waals surface area contributed by atoms with E-state index < -0.39 is 0 Å². The highest BCUT2D eigenvalue weighted by atomic mass is 14.9. The predicted molar refractivity (Wildman–Crippen MR) is 60.5 cm³/mol. The fraction of sp³-hybridized carbons (Fsp3) is 0. The first kappa shape index (κ1) is 8.07. The molecule has 3 aromatic rings. The van der Waals surface area contributed by atoms with E-state index in [-0.39, 0.29) is 0 Å². The summed E-state index contributed by atoms with van der Waals surface area (Å²) in [4.78, 5) is 0. The molecule has 0 atom stereocenters. The zero-order valence-corrected chi connectivity index (χ0v) is 8.01. The van der Waals surface area contributed by atoms with E-state index in [0.29, 0.717) is 0 Å². The Bertz CT molecular complexity index is 686. The SMILES string of the molecule is N#Cn1ccc2cc3ccccc3cc21. The lowest BCUT2D eigenvalue weighted by atomic mass is 10.1. The van der Waals surface area contributed by atoms with Gasteiger partial charge in [-0.2, -0.15) is 5.26 Å². The minimum Gasteiger partial charge on any atom is -0.254 e. The fourth-order valence-electron chi connectivity index (χ4n) is 1.91. The highest BCUT2D eigenvalue weighted by molar-refractivity contribution is 5.97. The van der Waals surface area contributed by atoms with Gasteiger partial charge in [0.25, 0.3) is 0 Å². The normalized spacial score (nSPS) is 10.6. The molecule has 3 rings (SSSR count). The molecule has 0 radical (unpaired) electrons. The lowest BCUT2D eigenvalue weighted by Crippen LogP contribution is -1.83. The Kier molecular flexibility index (Phi) is 1.54. The molecule has 0 spiro atoms. The van der Waals surface area contributed by atoms with Crippen LogP contribution in [0.1, 0.15) is 0 Å². The summed E-state index contributed by atoms with van der Waals surface area (Å²) in [7, 11) is 0. The van der Waals surface area contributed by atoms with E-state index in [9.17, 15) is 0 Å². The molecule has 2 nitrogen and oxygen atoms in total. The van der Waals surface area contributed by atoms with Crippen molar-refractivity contribution in [3.8, 4) is 6.19 Å². The Labute approximate surface area is 87.0 Å². The first-order valence-corrected chi connectivity index (χ1v) is 4.78. The lowest BCUT2D eigenvalue weighted by molar-refractivity contribution is 1.15. The highest BCUT2D eigenvalue weighted by Crippen LogP contribution is 2.23. The molecule has 0 aliphatic heterocycles. The zero-order valence-electron chi connectivity index (χ0n) is 8.01. The maximum absolute atomic E-state index is 8.91. The van der Waals surface area contributed by atoms with E-state index in [1.165, 1.54) is 10.8 Å². The third-order valence-corrected chi connectivity index (χ3v) is 2.67. The number of nitrogens with zero attached hydrogens (tertiary/aromatic N) is 2. The van der Waals surface area contributed by atoms with Crippen LogP contribution in [0.5, 0.6) is 0 Å². The van der Waals surface area contributed by atoms with E-state index in [0.717, 1.165) is 10.9 Å². The molecular formula is C13H8N2. The van der Waals surface area contributed by atoms with Gasteiger partial charge in [-0.05, 0) is 29.0 Å². The molecule has 0 amide bonds. The molecule has 0 N–H and O–H groups in total. The molecule has 15 heavy (non-hydrogen) atoms. The Morgan fingerprint density at radius 1 is 0.933 bits per heavy atom. The molecule has 0 saturated heterocycles. The van der Waals surface area contributed by atoms with Crippen LogP contribution in [-0.4, -0.2) is 4.57 Å². The Hall–Kier alpha value is -2.27. The van der Waals surface area contributed by atoms with Crippen molar-refractivity contribution in [2.75, 3.05) is 0 Å². The van der Waals surface area contributed by atoms with Crippen LogP contribution in [0.25, 0.3) is 21.7 Å². The van der Waals surface area contributed by atoms with E-state index in [1.54, 1.807) is 10.8 Å². The van der Waals surface area contributed by atoms with Gasteiger partial charge in [0, 0.05) is 11.6 Å². The van der Waals surface area contributed by atoms with Crippen LogP contribution in [0, 0.1) is 11.5 Å². The van der Waals surface area contributed by atoms with Crippen LogP contribution in [-0.2, 0) is 0 Å². The van der Waals surface area contributed by atoms with E-state index in [1.807, 2.05) is 24.3 Å². The van der Waals surface area contributed by atoms with Crippen LogP contribution < -0.4 is 0 Å². The fourth-order valence-corrected chi connectivity index (χ4v) is 1.91. The summed E-state index contributed by atoms with van der Waals surface area (Å²) in [6.45, 7) is 0. The van der Waals surface area contributed by atoms with Crippen molar-refractivity contribution in [3.63, 3.8) is 0 Å². The zero-order chi connectivity index (χ0) is 10.3. The van der Waals surface area contributed by atoms with Gasteiger partial charge in [0.15, 0.2) is 6.19 Å². The standard InChI is InChI=1S/C13H8N2/c14-9-15-6-5-12-7-10-3-1-2-4-11(10)8-13(12)15/h1-8H. The van der Waals surface area contributed by atoms with Gasteiger partial charge in [-0.1, -0.05) is 24.3 Å². The van der Waals surface area contributed by atoms with Crippen LogP contribution in [0.3, 0.4) is 0 Å². The third-order valence-electron chi connectivity index (χ3n) is 2.67. The monoisotopic (exact) mass is 192 g/mol. The van der Waals surface area contributed by atoms with Gasteiger partial charge >= 0.3 is 0 Å². The maximum Gasteiger partial charge on any atom is 0.188 e. The van der Waals surface area contributed by atoms with E-state index in [4.69, 9.17) is 5.26 Å². The molecule has 2 heteroatoms. The first-order chi connectivity index (χ1) is 7.38. The molecule has 0 bridgehead atoms. The van der Waals surface area contributed by atoms with Crippen molar-refractivity contribution in [1.82, 2.24) is 4.57 Å². The maximum atomic E-state index is 8.91. The van der Waals surface area contributed by atoms with Gasteiger partial charge in [0.2, 0.25) is 0 Å². The number of aromatic nitrogens is 1. The lowest BCUT2D eigenvalue weighted by Gasteiger charge is -1.98. The molecule has 0 fully saturated rings. The summed E-state index contributed by atoms with van der Waals surface area (Å²) in [5.41, 5.74) is 0.969. The smallest absolute Gasteiger partial charge is 0.188 e. The van der Waals surface area contributed by atoms with Crippen LogP contribution >= 0.6 is 0 Å². The van der Waals surface area contributed by atoms with Crippen LogP contribution in [0.4, 0.5) is 0 Å². The molecule has 1 heterocycles. The molecular weight excluding hydrogens is 184 g/mol. The van der Waals surface area contributed by atoms with Crippen LogP contribution in [0.2, 0.25) is 0 Å². The average Bonchev–Trinajstić information content (AvgIpc) is 2.68. The van der Waals surface area contributed by atoms with Crippen molar-refractivity contribution >= 4 is 21.7 Å². The minimum atomic E-state index is 0.969. The number of hydrogen-bond donors (Lipinski definition) is 0. The molecule has 0 unspecified atom stereocenters. The van der Waals surface area contributed by atoms with Gasteiger partial charge < -0.3 is 0 Å². The Morgan fingerprint density at radius 3 is 2.40 bits per heavy atom. The first-order valence-electron chi connectivity index (χ1n) is 4.78. The van der Waals surface area contributed by atoms with E-state index >= 15 is 0 Å². The Balaban J connectivity index is 2.51. The van der Waals surface area contributed by atoms with Gasteiger partial charge in [-0.3, -0.25) is 4.57 Å². The summed E-state index contributed by atoms with van der Waals surface area (Å²) >= 11 is 0. The molecule has 2 aromatic carbocycles. The number of hydrogen-bond acceptors (Lipinski definition) is 1. The molecule has 0 aliphatic rings. The molecule has 1 aromatic heterocycles. The van der Waals surface area contributed by atoms with Crippen molar-refractivity contribution in [2.45, 2.75) is 0 Å². The van der Waals surface area contributed by atoms with Crippen molar-refractivity contribution < 1.29 is 0 Å².